The number of benzene rings is 1. The molecule has 6 heteroatoms. The average molecular weight is 255 g/mol. The standard InChI is InChI=1S/C12H11F2NO3/c13-12(14)6-9(15-11(12)17)10(16)18-7-8-4-2-1-3-5-8/h1-5,9H,6-7H2,(H,15,17)/t9-/m0/s1. The van der Waals surface area contributed by atoms with Gasteiger partial charge in [-0.1, -0.05) is 30.3 Å². The van der Waals surface area contributed by atoms with E-state index >= 15 is 0 Å². The highest BCUT2D eigenvalue weighted by Gasteiger charge is 2.51. The zero-order valence-electron chi connectivity index (χ0n) is 9.36. The quantitative estimate of drug-likeness (QED) is 0.827. The maximum Gasteiger partial charge on any atom is 0.329 e. The molecule has 1 N–H and O–H groups in total. The Bertz CT molecular complexity index is 462. The summed E-state index contributed by atoms with van der Waals surface area (Å²) in [5.41, 5.74) is 0.752. The normalized spacial score (nSPS) is 21.4. The number of nitrogens with one attached hydrogen (secondary N) is 1. The van der Waals surface area contributed by atoms with Gasteiger partial charge in [0, 0.05) is 0 Å². The lowest BCUT2D eigenvalue weighted by molar-refractivity contribution is -0.147. The van der Waals surface area contributed by atoms with E-state index in [4.69, 9.17) is 4.74 Å². The van der Waals surface area contributed by atoms with Crippen molar-refractivity contribution in [2.75, 3.05) is 0 Å². The second-order valence-electron chi connectivity index (χ2n) is 4.03. The van der Waals surface area contributed by atoms with Crippen LogP contribution in [0.4, 0.5) is 8.78 Å². The number of rotatable bonds is 3. The minimum Gasteiger partial charge on any atom is -0.459 e. The second-order valence-corrected chi connectivity index (χ2v) is 4.03. The van der Waals surface area contributed by atoms with Crippen molar-refractivity contribution in [2.24, 2.45) is 0 Å². The summed E-state index contributed by atoms with van der Waals surface area (Å²) in [6, 6.07) is 7.58. The Kier molecular flexibility index (Phi) is 3.27. The van der Waals surface area contributed by atoms with Gasteiger partial charge in [0.2, 0.25) is 0 Å². The number of alkyl halides is 2. The van der Waals surface area contributed by atoms with Crippen molar-refractivity contribution in [3.05, 3.63) is 35.9 Å². The van der Waals surface area contributed by atoms with Crippen molar-refractivity contribution >= 4 is 11.9 Å². The first-order chi connectivity index (χ1) is 8.49. The lowest BCUT2D eigenvalue weighted by Gasteiger charge is -2.09. The molecule has 0 spiro atoms. The molecule has 1 aliphatic rings. The van der Waals surface area contributed by atoms with Gasteiger partial charge in [0.1, 0.15) is 12.6 Å². The Morgan fingerprint density at radius 3 is 2.61 bits per heavy atom. The molecule has 0 aliphatic carbocycles. The Balaban J connectivity index is 1.89. The lowest BCUT2D eigenvalue weighted by atomic mass is 10.2. The van der Waals surface area contributed by atoms with Crippen LogP contribution in [0.15, 0.2) is 30.3 Å². The van der Waals surface area contributed by atoms with Gasteiger partial charge in [-0.25, -0.2) is 4.79 Å². The average Bonchev–Trinajstić information content (AvgIpc) is 2.62. The number of amides is 1. The maximum atomic E-state index is 12.9. The summed E-state index contributed by atoms with van der Waals surface area (Å²) in [4.78, 5) is 22.3. The molecule has 1 heterocycles. The molecule has 1 amide bonds. The zero-order chi connectivity index (χ0) is 13.2. The van der Waals surface area contributed by atoms with Crippen LogP contribution in [0.25, 0.3) is 0 Å². The molecule has 1 aromatic rings. The minimum atomic E-state index is -3.49. The third kappa shape index (κ3) is 2.64. The van der Waals surface area contributed by atoms with Gasteiger partial charge in [0.25, 0.3) is 5.91 Å². The number of esters is 1. The van der Waals surface area contributed by atoms with Gasteiger partial charge in [-0.3, -0.25) is 4.79 Å². The van der Waals surface area contributed by atoms with Crippen LogP contribution < -0.4 is 5.32 Å². The van der Waals surface area contributed by atoms with Crippen LogP contribution >= 0.6 is 0 Å². The molecule has 96 valence electrons. The van der Waals surface area contributed by atoms with Crippen LogP contribution in [-0.2, 0) is 20.9 Å². The van der Waals surface area contributed by atoms with Gasteiger partial charge in [-0.05, 0) is 5.56 Å². The summed E-state index contributed by atoms with van der Waals surface area (Å²) >= 11 is 0. The Morgan fingerprint density at radius 1 is 1.39 bits per heavy atom. The Hall–Kier alpha value is -1.98. The highest BCUT2D eigenvalue weighted by molar-refractivity contribution is 5.92. The Labute approximate surface area is 102 Å². The number of ether oxygens (including phenoxy) is 1. The van der Waals surface area contributed by atoms with Gasteiger partial charge in [-0.2, -0.15) is 8.78 Å². The van der Waals surface area contributed by atoms with Gasteiger partial charge < -0.3 is 10.1 Å². The molecule has 1 fully saturated rings. The van der Waals surface area contributed by atoms with Gasteiger partial charge in [-0.15, -0.1) is 0 Å². The summed E-state index contributed by atoms with van der Waals surface area (Å²) < 4.78 is 30.7. The van der Waals surface area contributed by atoms with Crippen molar-refractivity contribution in [3.63, 3.8) is 0 Å². The fourth-order valence-electron chi connectivity index (χ4n) is 1.64. The van der Waals surface area contributed by atoms with Crippen molar-refractivity contribution in [1.29, 1.82) is 0 Å². The minimum absolute atomic E-state index is 0.00237. The van der Waals surface area contributed by atoms with E-state index in [1.54, 1.807) is 24.3 Å². The molecule has 1 atom stereocenters. The van der Waals surface area contributed by atoms with Crippen LogP contribution in [-0.4, -0.2) is 23.8 Å². The van der Waals surface area contributed by atoms with Crippen molar-refractivity contribution in [2.45, 2.75) is 25.0 Å². The van der Waals surface area contributed by atoms with E-state index in [1.165, 1.54) is 0 Å². The number of carbonyl (C=O) groups excluding carboxylic acids is 2. The highest BCUT2D eigenvalue weighted by Crippen LogP contribution is 2.27. The Morgan fingerprint density at radius 2 is 2.06 bits per heavy atom. The van der Waals surface area contributed by atoms with Crippen LogP contribution in [0.2, 0.25) is 0 Å². The van der Waals surface area contributed by atoms with Crippen LogP contribution in [0, 0.1) is 0 Å². The first-order valence-corrected chi connectivity index (χ1v) is 5.38. The smallest absolute Gasteiger partial charge is 0.329 e. The van der Waals surface area contributed by atoms with Crippen molar-refractivity contribution in [1.82, 2.24) is 5.32 Å². The first-order valence-electron chi connectivity index (χ1n) is 5.38. The topological polar surface area (TPSA) is 55.4 Å². The molecular formula is C12H11F2NO3. The van der Waals surface area contributed by atoms with E-state index in [0.717, 1.165) is 5.56 Å². The summed E-state index contributed by atoms with van der Waals surface area (Å²) in [6.07, 6.45) is -0.848. The summed E-state index contributed by atoms with van der Waals surface area (Å²) in [7, 11) is 0. The third-order valence-corrected chi connectivity index (χ3v) is 2.61. The van der Waals surface area contributed by atoms with E-state index in [2.05, 4.69) is 0 Å². The first kappa shape index (κ1) is 12.5. The fraction of sp³-hybridized carbons (Fsp3) is 0.333. The lowest BCUT2D eigenvalue weighted by Crippen LogP contribution is -2.35. The summed E-state index contributed by atoms with van der Waals surface area (Å²) in [5.74, 6) is -5.76. The molecule has 18 heavy (non-hydrogen) atoms. The predicted octanol–water partition coefficient (Wildman–Crippen LogP) is 1.25. The summed E-state index contributed by atoms with van der Waals surface area (Å²) in [6.45, 7) is -0.00237. The number of carbonyl (C=O) groups is 2. The second kappa shape index (κ2) is 4.72. The monoisotopic (exact) mass is 255 g/mol. The predicted molar refractivity (Wildman–Crippen MR) is 57.7 cm³/mol. The molecule has 0 saturated carbocycles. The number of hydrogen-bond donors (Lipinski definition) is 1. The van der Waals surface area contributed by atoms with Crippen molar-refractivity contribution in [3.8, 4) is 0 Å². The van der Waals surface area contributed by atoms with E-state index in [0.29, 0.717) is 0 Å². The van der Waals surface area contributed by atoms with Gasteiger partial charge in [0.05, 0.1) is 6.42 Å². The number of hydrogen-bond acceptors (Lipinski definition) is 3. The van der Waals surface area contributed by atoms with Crippen molar-refractivity contribution < 1.29 is 23.1 Å². The van der Waals surface area contributed by atoms with E-state index in [9.17, 15) is 18.4 Å². The number of halogens is 2. The molecule has 0 radical (unpaired) electrons. The SMILES string of the molecule is O=C(OCc1ccccc1)[C@@H]1CC(F)(F)C(=O)N1. The van der Waals surface area contributed by atoms with Crippen LogP contribution in [0.1, 0.15) is 12.0 Å². The van der Waals surface area contributed by atoms with Gasteiger partial charge in [0.15, 0.2) is 0 Å². The molecule has 2 rings (SSSR count). The van der Waals surface area contributed by atoms with E-state index in [-0.39, 0.29) is 6.61 Å². The largest absolute Gasteiger partial charge is 0.459 e. The third-order valence-electron chi connectivity index (χ3n) is 2.61. The van der Waals surface area contributed by atoms with Crippen LogP contribution in [0.5, 0.6) is 0 Å². The molecule has 4 nitrogen and oxygen atoms in total. The molecule has 1 aromatic carbocycles. The summed E-state index contributed by atoms with van der Waals surface area (Å²) in [5, 5.41) is 1.92. The zero-order valence-corrected chi connectivity index (χ0v) is 9.36. The molecule has 0 bridgehead atoms. The van der Waals surface area contributed by atoms with Crippen LogP contribution in [0.3, 0.4) is 0 Å². The van der Waals surface area contributed by atoms with E-state index in [1.807, 2.05) is 11.4 Å². The molecule has 1 aliphatic heterocycles. The molecule has 0 aromatic heterocycles. The molecule has 0 unspecified atom stereocenters. The highest BCUT2D eigenvalue weighted by atomic mass is 19.3. The molecular weight excluding hydrogens is 244 g/mol. The maximum absolute atomic E-state index is 12.9. The van der Waals surface area contributed by atoms with E-state index < -0.39 is 30.3 Å². The molecule has 1 saturated heterocycles. The van der Waals surface area contributed by atoms with Gasteiger partial charge >= 0.3 is 11.9 Å². The fourth-order valence-corrected chi connectivity index (χ4v) is 1.64.